The molecule has 0 radical (unpaired) electrons. The summed E-state index contributed by atoms with van der Waals surface area (Å²) >= 11 is 0. The first kappa shape index (κ1) is 14.8. The van der Waals surface area contributed by atoms with Crippen LogP contribution in [0.15, 0.2) is 0 Å². The molecule has 0 aromatic rings. The van der Waals surface area contributed by atoms with Crippen LogP contribution in [0.4, 0.5) is 0 Å². The number of piperidine rings is 1. The lowest BCUT2D eigenvalue weighted by Crippen LogP contribution is -2.46. The van der Waals surface area contributed by atoms with Crippen LogP contribution < -0.4 is 5.73 Å². The lowest BCUT2D eigenvalue weighted by molar-refractivity contribution is -0.135. The zero-order valence-electron chi connectivity index (χ0n) is 12.2. The fourth-order valence-electron chi connectivity index (χ4n) is 3.28. The van der Waals surface area contributed by atoms with Gasteiger partial charge in [0, 0.05) is 19.6 Å². The van der Waals surface area contributed by atoms with Gasteiger partial charge in [0.25, 0.3) is 0 Å². The Morgan fingerprint density at radius 3 is 2.53 bits per heavy atom. The van der Waals surface area contributed by atoms with Crippen molar-refractivity contribution in [1.29, 1.82) is 0 Å². The highest BCUT2D eigenvalue weighted by Crippen LogP contribution is 2.48. The van der Waals surface area contributed by atoms with Gasteiger partial charge in [0.15, 0.2) is 0 Å². The summed E-state index contributed by atoms with van der Waals surface area (Å²) < 4.78 is 5.28. The number of rotatable bonds is 6. The van der Waals surface area contributed by atoms with Gasteiger partial charge in [-0.25, -0.2) is 0 Å². The Kier molecular flexibility index (Phi) is 5.22. The second-order valence-corrected chi connectivity index (χ2v) is 6.31. The van der Waals surface area contributed by atoms with Crippen LogP contribution in [0.25, 0.3) is 0 Å². The summed E-state index contributed by atoms with van der Waals surface area (Å²) in [6.45, 7) is 5.87. The van der Waals surface area contributed by atoms with Crippen LogP contribution in [0, 0.1) is 11.3 Å². The molecule has 110 valence electrons. The molecular weight excluding hydrogens is 240 g/mol. The van der Waals surface area contributed by atoms with E-state index in [1.165, 1.54) is 32.1 Å². The van der Waals surface area contributed by atoms with E-state index in [1.807, 2.05) is 4.90 Å². The standard InChI is InChI=1S/C15H28N2O2/c1-15(13-3-2-4-13)6-9-17(10-7-15)14(18)5-11-19-12-8-16/h13H,2-12,16H2,1H3. The lowest BCUT2D eigenvalue weighted by atomic mass is 9.62. The van der Waals surface area contributed by atoms with Crippen molar-refractivity contribution >= 4 is 5.91 Å². The van der Waals surface area contributed by atoms with Crippen molar-refractivity contribution in [2.75, 3.05) is 32.8 Å². The molecule has 1 saturated heterocycles. The molecule has 1 aliphatic carbocycles. The van der Waals surface area contributed by atoms with Crippen LogP contribution in [-0.2, 0) is 9.53 Å². The molecule has 0 atom stereocenters. The molecule has 2 aliphatic rings. The predicted molar refractivity (Wildman–Crippen MR) is 75.8 cm³/mol. The molecule has 0 spiro atoms. The van der Waals surface area contributed by atoms with Gasteiger partial charge in [0.05, 0.1) is 19.6 Å². The summed E-state index contributed by atoms with van der Waals surface area (Å²) in [6, 6.07) is 0. The Labute approximate surface area is 116 Å². The zero-order valence-corrected chi connectivity index (χ0v) is 12.2. The number of nitrogens with two attached hydrogens (primary N) is 1. The number of nitrogens with zero attached hydrogens (tertiary/aromatic N) is 1. The molecule has 0 aromatic carbocycles. The van der Waals surface area contributed by atoms with Crippen LogP contribution in [0.1, 0.15) is 45.4 Å². The van der Waals surface area contributed by atoms with E-state index < -0.39 is 0 Å². The maximum absolute atomic E-state index is 12.0. The molecule has 4 nitrogen and oxygen atoms in total. The normalized spacial score (nSPS) is 23.2. The predicted octanol–water partition coefficient (Wildman–Crippen LogP) is 1.78. The molecule has 19 heavy (non-hydrogen) atoms. The third-order valence-electron chi connectivity index (χ3n) is 5.07. The van der Waals surface area contributed by atoms with Gasteiger partial charge >= 0.3 is 0 Å². The Hall–Kier alpha value is -0.610. The highest BCUT2D eigenvalue weighted by atomic mass is 16.5. The van der Waals surface area contributed by atoms with Crippen LogP contribution in [0.5, 0.6) is 0 Å². The summed E-state index contributed by atoms with van der Waals surface area (Å²) in [7, 11) is 0. The summed E-state index contributed by atoms with van der Waals surface area (Å²) in [4.78, 5) is 14.1. The summed E-state index contributed by atoms with van der Waals surface area (Å²) in [5.74, 6) is 1.16. The van der Waals surface area contributed by atoms with Gasteiger partial charge in [-0.3, -0.25) is 4.79 Å². The van der Waals surface area contributed by atoms with E-state index in [-0.39, 0.29) is 5.91 Å². The number of likely N-dealkylation sites (tertiary alicyclic amines) is 1. The fourth-order valence-corrected chi connectivity index (χ4v) is 3.28. The van der Waals surface area contributed by atoms with E-state index in [0.717, 1.165) is 19.0 Å². The molecule has 1 saturated carbocycles. The average molecular weight is 268 g/mol. The molecule has 2 rings (SSSR count). The van der Waals surface area contributed by atoms with E-state index in [4.69, 9.17) is 10.5 Å². The third kappa shape index (κ3) is 3.69. The quantitative estimate of drug-likeness (QED) is 0.747. The second kappa shape index (κ2) is 6.71. The first-order valence-electron chi connectivity index (χ1n) is 7.71. The largest absolute Gasteiger partial charge is 0.380 e. The summed E-state index contributed by atoms with van der Waals surface area (Å²) in [5, 5.41) is 0. The van der Waals surface area contributed by atoms with Gasteiger partial charge in [0.2, 0.25) is 5.91 Å². The molecule has 2 fully saturated rings. The Morgan fingerprint density at radius 2 is 2.00 bits per heavy atom. The van der Waals surface area contributed by atoms with Gasteiger partial charge in [-0.2, -0.15) is 0 Å². The number of hydrogen-bond acceptors (Lipinski definition) is 3. The van der Waals surface area contributed by atoms with Crippen molar-refractivity contribution in [2.45, 2.75) is 45.4 Å². The third-order valence-corrected chi connectivity index (χ3v) is 5.07. The number of ether oxygens (including phenoxy) is 1. The zero-order chi connectivity index (χ0) is 13.7. The molecule has 1 aliphatic heterocycles. The van der Waals surface area contributed by atoms with Crippen LogP contribution >= 0.6 is 0 Å². The first-order valence-corrected chi connectivity index (χ1v) is 7.71. The number of carbonyl (C=O) groups is 1. The molecule has 1 heterocycles. The van der Waals surface area contributed by atoms with Crippen molar-refractivity contribution in [2.24, 2.45) is 17.1 Å². The SMILES string of the molecule is CC1(C2CCC2)CCN(C(=O)CCOCCN)CC1. The van der Waals surface area contributed by atoms with Crippen molar-refractivity contribution in [3.63, 3.8) is 0 Å². The van der Waals surface area contributed by atoms with Gasteiger partial charge in [-0.05, 0) is 37.0 Å². The molecule has 0 bridgehead atoms. The van der Waals surface area contributed by atoms with Crippen LogP contribution in [0.2, 0.25) is 0 Å². The molecule has 4 heteroatoms. The maximum Gasteiger partial charge on any atom is 0.224 e. The first-order chi connectivity index (χ1) is 9.15. The van der Waals surface area contributed by atoms with Crippen LogP contribution in [0.3, 0.4) is 0 Å². The van der Waals surface area contributed by atoms with E-state index in [1.54, 1.807) is 0 Å². The minimum absolute atomic E-state index is 0.243. The monoisotopic (exact) mass is 268 g/mol. The smallest absolute Gasteiger partial charge is 0.224 e. The van der Waals surface area contributed by atoms with E-state index in [2.05, 4.69) is 6.92 Å². The molecule has 2 N–H and O–H groups in total. The minimum Gasteiger partial charge on any atom is -0.380 e. The lowest BCUT2D eigenvalue weighted by Gasteiger charge is -2.48. The number of amides is 1. The number of carbonyl (C=O) groups excluding carboxylic acids is 1. The van der Waals surface area contributed by atoms with E-state index in [9.17, 15) is 4.79 Å². The van der Waals surface area contributed by atoms with Crippen molar-refractivity contribution in [3.05, 3.63) is 0 Å². The minimum atomic E-state index is 0.243. The van der Waals surface area contributed by atoms with Crippen molar-refractivity contribution < 1.29 is 9.53 Å². The molecule has 0 aromatic heterocycles. The van der Waals surface area contributed by atoms with Gasteiger partial charge in [-0.1, -0.05) is 13.3 Å². The van der Waals surface area contributed by atoms with E-state index >= 15 is 0 Å². The van der Waals surface area contributed by atoms with Gasteiger partial charge in [-0.15, -0.1) is 0 Å². The molecule has 0 unspecified atom stereocenters. The number of hydrogen-bond donors (Lipinski definition) is 1. The van der Waals surface area contributed by atoms with Crippen molar-refractivity contribution in [1.82, 2.24) is 4.90 Å². The Balaban J connectivity index is 1.68. The summed E-state index contributed by atoms with van der Waals surface area (Å²) in [5.41, 5.74) is 5.84. The highest BCUT2D eigenvalue weighted by molar-refractivity contribution is 5.76. The van der Waals surface area contributed by atoms with Crippen LogP contribution in [-0.4, -0.2) is 43.7 Å². The van der Waals surface area contributed by atoms with E-state index in [0.29, 0.717) is 31.6 Å². The van der Waals surface area contributed by atoms with Gasteiger partial charge < -0.3 is 15.4 Å². The molecular formula is C15H28N2O2. The molecule has 1 amide bonds. The Morgan fingerprint density at radius 1 is 1.32 bits per heavy atom. The maximum atomic E-state index is 12.0. The fraction of sp³-hybridized carbons (Fsp3) is 0.933. The average Bonchev–Trinajstić information content (AvgIpc) is 2.32. The highest BCUT2D eigenvalue weighted by Gasteiger charge is 2.40. The second-order valence-electron chi connectivity index (χ2n) is 6.31. The summed E-state index contributed by atoms with van der Waals surface area (Å²) in [6.07, 6.45) is 7.05. The van der Waals surface area contributed by atoms with Crippen molar-refractivity contribution in [3.8, 4) is 0 Å². The Bertz CT molecular complexity index is 295. The van der Waals surface area contributed by atoms with Gasteiger partial charge in [0.1, 0.15) is 0 Å². The topological polar surface area (TPSA) is 55.6 Å².